The number of ether oxygens (including phenoxy) is 2. The van der Waals surface area contributed by atoms with Gasteiger partial charge in [-0.3, -0.25) is 4.79 Å². The van der Waals surface area contributed by atoms with Crippen molar-refractivity contribution in [2.24, 2.45) is 5.41 Å². The summed E-state index contributed by atoms with van der Waals surface area (Å²) in [4.78, 5) is 29.2. The largest absolute Gasteiger partial charge is 0.464 e. The van der Waals surface area contributed by atoms with Crippen molar-refractivity contribution >= 4 is 39.8 Å². The van der Waals surface area contributed by atoms with Crippen LogP contribution in [-0.2, 0) is 22.5 Å². The molecule has 3 aromatic rings. The molecule has 3 saturated heterocycles. The van der Waals surface area contributed by atoms with Gasteiger partial charge in [-0.15, -0.1) is 0 Å². The summed E-state index contributed by atoms with van der Waals surface area (Å²) in [6.07, 6.45) is 4.76. The molecule has 204 valence electrons. The molecule has 0 radical (unpaired) electrons. The first-order valence-corrected chi connectivity index (χ1v) is 14.5. The van der Waals surface area contributed by atoms with E-state index in [0.29, 0.717) is 31.8 Å². The lowest BCUT2D eigenvalue weighted by Crippen LogP contribution is -2.55. The number of esters is 1. The maximum atomic E-state index is 12.2. The molecule has 4 aliphatic rings. The van der Waals surface area contributed by atoms with Crippen LogP contribution in [0, 0.1) is 5.41 Å². The molecule has 1 spiro atoms. The van der Waals surface area contributed by atoms with E-state index in [1.54, 1.807) is 0 Å². The quantitative estimate of drug-likeness (QED) is 0.434. The number of cyclic esters (lactones) is 1. The van der Waals surface area contributed by atoms with Crippen molar-refractivity contribution in [2.45, 2.75) is 44.7 Å². The van der Waals surface area contributed by atoms with E-state index >= 15 is 0 Å². The van der Waals surface area contributed by atoms with Gasteiger partial charge < -0.3 is 24.2 Å². The summed E-state index contributed by atoms with van der Waals surface area (Å²) in [5.41, 5.74) is 3.03. The molecule has 39 heavy (non-hydrogen) atoms. The topological polar surface area (TPSA) is 71.0 Å². The van der Waals surface area contributed by atoms with E-state index in [2.05, 4.69) is 46.0 Å². The normalized spacial score (nSPS) is 22.6. The Morgan fingerprint density at radius 3 is 2.62 bits per heavy atom. The number of likely N-dealkylation sites (tertiary alicyclic amines) is 1. The third-order valence-electron chi connectivity index (χ3n) is 9.20. The molecular weight excluding hydrogens is 514 g/mol. The lowest BCUT2D eigenvalue weighted by Gasteiger charge is -2.45. The number of anilines is 2. The van der Waals surface area contributed by atoms with Crippen molar-refractivity contribution in [1.29, 1.82) is 0 Å². The minimum atomic E-state index is -0.291. The number of halogens is 1. The highest BCUT2D eigenvalue weighted by Gasteiger charge is 2.51. The van der Waals surface area contributed by atoms with Crippen molar-refractivity contribution in [1.82, 2.24) is 14.9 Å². The Hall–Kier alpha value is -3.10. The van der Waals surface area contributed by atoms with E-state index in [-0.39, 0.29) is 11.4 Å². The molecule has 1 atom stereocenters. The van der Waals surface area contributed by atoms with E-state index in [0.717, 1.165) is 84.9 Å². The summed E-state index contributed by atoms with van der Waals surface area (Å²) in [7, 11) is 2.16. The Balaban J connectivity index is 1.20. The van der Waals surface area contributed by atoms with E-state index in [1.807, 2.05) is 12.1 Å². The van der Waals surface area contributed by atoms with E-state index < -0.39 is 0 Å². The number of hydrogen-bond acceptors (Lipinski definition) is 8. The molecule has 7 rings (SSSR count). The Morgan fingerprint density at radius 2 is 1.90 bits per heavy atom. The van der Waals surface area contributed by atoms with Crippen molar-refractivity contribution in [2.75, 3.05) is 56.2 Å². The summed E-state index contributed by atoms with van der Waals surface area (Å²) >= 11 is 6.68. The second-order valence-corrected chi connectivity index (χ2v) is 11.9. The van der Waals surface area contributed by atoms with Crippen molar-refractivity contribution in [3.05, 3.63) is 52.7 Å². The molecule has 0 amide bonds. The number of likely N-dealkylation sites (N-methyl/N-ethyl adjacent to an activating group) is 1. The monoisotopic (exact) mass is 547 g/mol. The van der Waals surface area contributed by atoms with Gasteiger partial charge in [0, 0.05) is 42.3 Å². The average Bonchev–Trinajstić information content (AvgIpc) is 3.38. The van der Waals surface area contributed by atoms with Crippen LogP contribution >= 0.6 is 11.6 Å². The smallest absolute Gasteiger partial charge is 0.318 e. The highest BCUT2D eigenvalue weighted by molar-refractivity contribution is 6.36. The van der Waals surface area contributed by atoms with Crippen LogP contribution in [0.15, 0.2) is 36.4 Å². The molecule has 5 heterocycles. The molecule has 0 saturated carbocycles. The van der Waals surface area contributed by atoms with E-state index in [9.17, 15) is 4.79 Å². The van der Waals surface area contributed by atoms with Crippen LogP contribution in [0.2, 0.25) is 5.02 Å². The first-order valence-electron chi connectivity index (χ1n) is 14.1. The first kappa shape index (κ1) is 24.9. The Bertz CT molecular complexity index is 1420. The van der Waals surface area contributed by atoms with Crippen LogP contribution in [0.25, 0.3) is 10.8 Å². The predicted molar refractivity (Wildman–Crippen MR) is 152 cm³/mol. The van der Waals surface area contributed by atoms with Crippen LogP contribution in [0.5, 0.6) is 6.01 Å². The summed E-state index contributed by atoms with van der Waals surface area (Å²) in [6, 6.07) is 13.3. The predicted octanol–water partition coefficient (Wildman–Crippen LogP) is 4.46. The van der Waals surface area contributed by atoms with Gasteiger partial charge in [0.05, 0.1) is 17.3 Å². The number of aromatic nitrogens is 2. The molecule has 4 aliphatic heterocycles. The number of nitrogens with zero attached hydrogens (tertiary/aromatic N) is 5. The van der Waals surface area contributed by atoms with Crippen LogP contribution < -0.4 is 14.5 Å². The van der Waals surface area contributed by atoms with Gasteiger partial charge in [-0.2, -0.15) is 9.97 Å². The van der Waals surface area contributed by atoms with Crippen LogP contribution in [0.3, 0.4) is 0 Å². The Labute approximate surface area is 233 Å². The maximum Gasteiger partial charge on any atom is 0.318 e. The van der Waals surface area contributed by atoms with Gasteiger partial charge in [0.25, 0.3) is 0 Å². The van der Waals surface area contributed by atoms with Gasteiger partial charge in [-0.05, 0) is 63.2 Å². The summed E-state index contributed by atoms with van der Waals surface area (Å²) in [5.74, 6) is 0.925. The minimum absolute atomic E-state index is 0.0408. The van der Waals surface area contributed by atoms with Crippen LogP contribution in [0.1, 0.15) is 36.9 Å². The molecule has 3 fully saturated rings. The molecule has 0 N–H and O–H groups in total. The third kappa shape index (κ3) is 4.38. The molecule has 2 aromatic carbocycles. The Kier molecular flexibility index (Phi) is 6.27. The number of carbonyl (C=O) groups excluding carboxylic acids is 1. The second kappa shape index (κ2) is 9.82. The third-order valence-corrected chi connectivity index (χ3v) is 9.52. The van der Waals surface area contributed by atoms with E-state index in [4.69, 9.17) is 31.0 Å². The zero-order valence-corrected chi connectivity index (χ0v) is 23.1. The fourth-order valence-electron chi connectivity index (χ4n) is 6.65. The SMILES string of the molecule is CN1CCC[C@@H]1COc1nc2c(c(N3CCC4(CC3)COC4=O)n1)CCN(c1cccc3cccc(Cl)c13)C2. The number of hydrogen-bond donors (Lipinski definition) is 0. The lowest BCUT2D eigenvalue weighted by atomic mass is 9.76. The van der Waals surface area contributed by atoms with Gasteiger partial charge in [0.15, 0.2) is 0 Å². The molecule has 1 aromatic heterocycles. The summed E-state index contributed by atoms with van der Waals surface area (Å²) in [5, 5.41) is 2.98. The summed E-state index contributed by atoms with van der Waals surface area (Å²) in [6.45, 7) is 5.33. The van der Waals surface area contributed by atoms with Gasteiger partial charge in [-0.25, -0.2) is 0 Å². The first-order chi connectivity index (χ1) is 19.0. The molecular formula is C30H34ClN5O3. The highest BCUT2D eigenvalue weighted by Crippen LogP contribution is 2.42. The minimum Gasteiger partial charge on any atom is -0.464 e. The fraction of sp³-hybridized carbons (Fsp3) is 0.500. The number of rotatable bonds is 5. The zero-order valence-electron chi connectivity index (χ0n) is 22.4. The molecule has 0 aliphatic carbocycles. The van der Waals surface area contributed by atoms with Gasteiger partial charge in [0.1, 0.15) is 24.4 Å². The standard InChI is InChI=1S/C30H34ClN5O3/c1-34-13-4-7-21(34)18-38-29-32-24-17-36(25-9-3-6-20-5-2-8-23(31)26(20)25)14-10-22(24)27(33-29)35-15-11-30(12-16-35)19-39-28(30)37/h2-3,5-6,8-9,21H,4,7,10-19H2,1H3/t21-/m1/s1. The molecule has 0 unspecified atom stereocenters. The van der Waals surface area contributed by atoms with Crippen molar-refractivity contribution < 1.29 is 14.3 Å². The average molecular weight is 548 g/mol. The lowest BCUT2D eigenvalue weighted by molar-refractivity contribution is -0.188. The Morgan fingerprint density at radius 1 is 1.08 bits per heavy atom. The van der Waals surface area contributed by atoms with Crippen molar-refractivity contribution in [3.63, 3.8) is 0 Å². The second-order valence-electron chi connectivity index (χ2n) is 11.5. The zero-order chi connectivity index (χ0) is 26.6. The van der Waals surface area contributed by atoms with Gasteiger partial charge >= 0.3 is 12.0 Å². The van der Waals surface area contributed by atoms with Crippen LogP contribution in [0.4, 0.5) is 11.5 Å². The van der Waals surface area contributed by atoms with E-state index in [1.165, 1.54) is 12.0 Å². The number of piperidine rings is 1. The number of carbonyl (C=O) groups is 1. The van der Waals surface area contributed by atoms with Gasteiger partial charge in [0.2, 0.25) is 0 Å². The number of fused-ring (bicyclic) bond motifs is 2. The summed E-state index contributed by atoms with van der Waals surface area (Å²) < 4.78 is 11.4. The fourth-order valence-corrected chi connectivity index (χ4v) is 6.93. The molecule has 0 bridgehead atoms. The molecule has 8 nitrogen and oxygen atoms in total. The van der Waals surface area contributed by atoms with Crippen molar-refractivity contribution in [3.8, 4) is 6.01 Å². The highest BCUT2D eigenvalue weighted by atomic mass is 35.5. The molecule has 9 heteroatoms. The van der Waals surface area contributed by atoms with Gasteiger partial charge in [-0.1, -0.05) is 35.9 Å². The number of benzene rings is 2. The maximum absolute atomic E-state index is 12.2. The van der Waals surface area contributed by atoms with Crippen LogP contribution in [-0.4, -0.2) is 73.3 Å².